The predicted molar refractivity (Wildman–Crippen MR) is 18.7 cm³/mol. The summed E-state index contributed by atoms with van der Waals surface area (Å²) >= 11 is 0. The topological polar surface area (TPSA) is 54.4 Å². The van der Waals surface area contributed by atoms with Crippen molar-refractivity contribution in [1.29, 1.82) is 0 Å². The molecule has 9 heavy (non-hydrogen) atoms. The van der Waals surface area contributed by atoms with Crippen LogP contribution in [0.4, 0.5) is 13.2 Å². The van der Waals surface area contributed by atoms with E-state index < -0.39 is 17.9 Å². The van der Waals surface area contributed by atoms with Gasteiger partial charge in [0, 0.05) is 0 Å². The standard InChI is InChI=1S/C3HF3O3/c4-1(7)3(5,6)2(8)9/h(H,8,9). The molecule has 0 radical (unpaired) electrons. The first-order valence-electron chi connectivity index (χ1n) is 1.70. The third-order valence-electron chi connectivity index (χ3n) is 0.515. The van der Waals surface area contributed by atoms with E-state index in [0.717, 1.165) is 0 Å². The lowest BCUT2D eigenvalue weighted by Crippen LogP contribution is -2.34. The molecule has 0 rings (SSSR count). The second-order valence-electron chi connectivity index (χ2n) is 1.15. The fourth-order valence-electron chi connectivity index (χ4n) is 0.0841. The van der Waals surface area contributed by atoms with Crippen LogP contribution < -0.4 is 0 Å². The molecule has 0 aliphatic carbocycles. The van der Waals surface area contributed by atoms with Crippen molar-refractivity contribution in [3.63, 3.8) is 0 Å². The number of halogens is 3. The van der Waals surface area contributed by atoms with Crippen molar-refractivity contribution in [3.05, 3.63) is 0 Å². The molecule has 0 saturated carbocycles. The van der Waals surface area contributed by atoms with Gasteiger partial charge in [-0.25, -0.2) is 4.79 Å². The quantitative estimate of drug-likeness (QED) is 0.442. The number of hydrogen-bond acceptors (Lipinski definition) is 2. The van der Waals surface area contributed by atoms with Gasteiger partial charge in [0.15, 0.2) is 0 Å². The van der Waals surface area contributed by atoms with Gasteiger partial charge in [-0.15, -0.1) is 0 Å². The molecule has 6 heteroatoms. The third-order valence-corrected chi connectivity index (χ3v) is 0.515. The highest BCUT2D eigenvalue weighted by Gasteiger charge is 2.48. The van der Waals surface area contributed by atoms with E-state index in [1.807, 2.05) is 0 Å². The number of aliphatic carboxylic acids is 1. The number of carbonyl (C=O) groups excluding carboxylic acids is 1. The number of carboxylic acids is 1. The summed E-state index contributed by atoms with van der Waals surface area (Å²) in [5.41, 5.74) is 0. The van der Waals surface area contributed by atoms with Gasteiger partial charge in [0.2, 0.25) is 0 Å². The highest BCUT2D eigenvalue weighted by Crippen LogP contribution is 2.14. The summed E-state index contributed by atoms with van der Waals surface area (Å²) in [5.74, 6) is -7.67. The van der Waals surface area contributed by atoms with Gasteiger partial charge in [-0.1, -0.05) is 0 Å². The zero-order chi connectivity index (χ0) is 7.65. The van der Waals surface area contributed by atoms with Crippen molar-refractivity contribution >= 4 is 12.0 Å². The Morgan fingerprint density at radius 2 is 1.67 bits per heavy atom. The Kier molecular flexibility index (Phi) is 1.80. The van der Waals surface area contributed by atoms with Crippen molar-refractivity contribution in [1.82, 2.24) is 0 Å². The Morgan fingerprint density at radius 1 is 1.33 bits per heavy atom. The van der Waals surface area contributed by atoms with E-state index in [-0.39, 0.29) is 0 Å². The van der Waals surface area contributed by atoms with E-state index in [4.69, 9.17) is 9.90 Å². The molecule has 0 bridgehead atoms. The first-order valence-corrected chi connectivity index (χ1v) is 1.70. The maximum atomic E-state index is 11.3. The molecular weight excluding hydrogens is 141 g/mol. The summed E-state index contributed by atoms with van der Waals surface area (Å²) in [6.45, 7) is 0. The Morgan fingerprint density at radius 3 is 1.67 bits per heavy atom. The Bertz CT molecular complexity index is 136. The van der Waals surface area contributed by atoms with E-state index in [1.165, 1.54) is 0 Å². The van der Waals surface area contributed by atoms with Crippen LogP contribution in [0.15, 0.2) is 0 Å². The zero-order valence-corrected chi connectivity index (χ0v) is 3.90. The zero-order valence-electron chi connectivity index (χ0n) is 3.90. The number of alkyl halides is 2. The normalized spacial score (nSPS) is 11.0. The Hall–Kier alpha value is -1.07. The van der Waals surface area contributed by atoms with Crippen LogP contribution in [0.5, 0.6) is 0 Å². The predicted octanol–water partition coefficient (Wildman–Crippen LogP) is 0.202. The lowest BCUT2D eigenvalue weighted by atomic mass is 10.4. The molecule has 0 aliphatic heterocycles. The van der Waals surface area contributed by atoms with Gasteiger partial charge in [-0.2, -0.15) is 13.2 Å². The van der Waals surface area contributed by atoms with Crippen LogP contribution in [0.1, 0.15) is 0 Å². The number of carbonyl (C=O) groups is 2. The number of carboxylic acid groups (broad SMARTS) is 1. The molecule has 0 aromatic rings. The average molecular weight is 142 g/mol. The average Bonchev–Trinajstić information content (AvgIpc) is 1.65. The molecule has 0 amide bonds. The second-order valence-corrected chi connectivity index (χ2v) is 1.15. The van der Waals surface area contributed by atoms with Gasteiger partial charge < -0.3 is 5.11 Å². The summed E-state index contributed by atoms with van der Waals surface area (Å²) in [4.78, 5) is 18.4. The van der Waals surface area contributed by atoms with Gasteiger partial charge in [0.05, 0.1) is 0 Å². The minimum absolute atomic E-state index is 2.78. The fourth-order valence-corrected chi connectivity index (χ4v) is 0.0841. The molecule has 0 aromatic carbocycles. The van der Waals surface area contributed by atoms with E-state index >= 15 is 0 Å². The van der Waals surface area contributed by atoms with Crippen LogP contribution >= 0.6 is 0 Å². The van der Waals surface area contributed by atoms with Crippen LogP contribution in [0.2, 0.25) is 0 Å². The maximum Gasteiger partial charge on any atom is 0.430 e. The molecule has 52 valence electrons. The van der Waals surface area contributed by atoms with E-state index in [9.17, 15) is 18.0 Å². The van der Waals surface area contributed by atoms with Crippen LogP contribution in [-0.4, -0.2) is 23.0 Å². The molecule has 0 heterocycles. The van der Waals surface area contributed by atoms with Gasteiger partial charge in [0.25, 0.3) is 0 Å². The number of rotatable bonds is 2. The monoisotopic (exact) mass is 142 g/mol. The van der Waals surface area contributed by atoms with Gasteiger partial charge in [-0.3, -0.25) is 4.79 Å². The highest BCUT2D eigenvalue weighted by atomic mass is 19.3. The van der Waals surface area contributed by atoms with Crippen LogP contribution in [0.25, 0.3) is 0 Å². The Balaban J connectivity index is 4.38. The van der Waals surface area contributed by atoms with Gasteiger partial charge in [0.1, 0.15) is 0 Å². The van der Waals surface area contributed by atoms with E-state index in [1.54, 1.807) is 0 Å². The number of hydrogen-bond donors (Lipinski definition) is 1. The van der Waals surface area contributed by atoms with Gasteiger partial charge >= 0.3 is 17.9 Å². The summed E-state index contributed by atoms with van der Waals surface area (Å²) < 4.78 is 33.7. The largest absolute Gasteiger partial charge is 0.476 e. The van der Waals surface area contributed by atoms with Crippen molar-refractivity contribution in [3.8, 4) is 0 Å². The molecule has 1 N–H and O–H groups in total. The second kappa shape index (κ2) is 2.04. The molecule has 0 atom stereocenters. The maximum absolute atomic E-state index is 11.3. The van der Waals surface area contributed by atoms with Crippen molar-refractivity contribution in [2.24, 2.45) is 0 Å². The summed E-state index contributed by atoms with van der Waals surface area (Å²) in [7, 11) is 0. The molecule has 0 aliphatic rings. The molecule has 0 saturated heterocycles. The van der Waals surface area contributed by atoms with Crippen molar-refractivity contribution in [2.45, 2.75) is 5.92 Å². The SMILES string of the molecule is O=C(O)C(F)(F)C(=O)F. The summed E-state index contributed by atoms with van der Waals surface area (Å²) in [6.07, 6.45) is 0. The molecule has 0 aromatic heterocycles. The molecule has 0 spiro atoms. The lowest BCUT2D eigenvalue weighted by molar-refractivity contribution is -0.177. The summed E-state index contributed by atoms with van der Waals surface area (Å²) in [5, 5.41) is 7.40. The minimum atomic E-state index is -4.89. The van der Waals surface area contributed by atoms with E-state index in [0.29, 0.717) is 0 Å². The minimum Gasteiger partial charge on any atom is -0.476 e. The van der Waals surface area contributed by atoms with Crippen LogP contribution in [-0.2, 0) is 9.59 Å². The third kappa shape index (κ3) is 1.41. The van der Waals surface area contributed by atoms with Crippen molar-refractivity contribution in [2.75, 3.05) is 0 Å². The summed E-state index contributed by atoms with van der Waals surface area (Å²) in [6, 6.07) is -3.16. The highest BCUT2D eigenvalue weighted by molar-refractivity contribution is 5.99. The Labute approximate surface area is 47.1 Å². The van der Waals surface area contributed by atoms with E-state index in [2.05, 4.69) is 0 Å². The lowest BCUT2D eigenvalue weighted by Gasteiger charge is -2.00. The molecular formula is C3HF3O3. The smallest absolute Gasteiger partial charge is 0.430 e. The van der Waals surface area contributed by atoms with Crippen LogP contribution in [0.3, 0.4) is 0 Å². The molecule has 3 nitrogen and oxygen atoms in total. The van der Waals surface area contributed by atoms with Crippen LogP contribution in [0, 0.1) is 0 Å². The van der Waals surface area contributed by atoms with Gasteiger partial charge in [-0.05, 0) is 0 Å². The molecule has 0 unspecified atom stereocenters. The first-order chi connectivity index (χ1) is 3.89. The fraction of sp³-hybridized carbons (Fsp3) is 0.333. The molecule has 0 fully saturated rings. The first kappa shape index (κ1) is 7.93. The van der Waals surface area contributed by atoms with Crippen molar-refractivity contribution < 1.29 is 27.9 Å².